The fraction of sp³-hybridized carbons (Fsp3) is 1.00. The van der Waals surface area contributed by atoms with E-state index in [0.717, 1.165) is 31.7 Å². The highest BCUT2D eigenvalue weighted by molar-refractivity contribution is 4.82. The average Bonchev–Trinajstić information content (AvgIpc) is 2.67. The molecule has 2 rings (SSSR count). The van der Waals surface area contributed by atoms with Crippen LogP contribution >= 0.6 is 0 Å². The minimum Gasteiger partial charge on any atom is -0.381 e. The van der Waals surface area contributed by atoms with E-state index in [2.05, 4.69) is 4.90 Å². The van der Waals surface area contributed by atoms with Crippen LogP contribution in [0.15, 0.2) is 0 Å². The van der Waals surface area contributed by atoms with Crippen LogP contribution in [-0.4, -0.2) is 43.8 Å². The number of nitrogens with zero attached hydrogens (tertiary/aromatic N) is 1. The minimum atomic E-state index is 0.753. The van der Waals surface area contributed by atoms with Crippen molar-refractivity contribution in [3.63, 3.8) is 0 Å². The topological polar surface area (TPSA) is 38.5 Å². The van der Waals surface area contributed by atoms with E-state index in [1.807, 2.05) is 0 Å². The van der Waals surface area contributed by atoms with Gasteiger partial charge in [0.05, 0.1) is 0 Å². The first-order valence-corrected chi connectivity index (χ1v) is 5.42. The van der Waals surface area contributed by atoms with Crippen LogP contribution in [0.3, 0.4) is 0 Å². The van der Waals surface area contributed by atoms with Crippen LogP contribution in [-0.2, 0) is 4.74 Å². The smallest absolute Gasteiger partial charge is 0.0480 e. The summed E-state index contributed by atoms with van der Waals surface area (Å²) in [6.45, 7) is 5.25. The highest BCUT2D eigenvalue weighted by Gasteiger charge is 2.28. The maximum absolute atomic E-state index is 5.67. The molecule has 2 N–H and O–H groups in total. The second kappa shape index (κ2) is 4.40. The molecule has 2 saturated heterocycles. The molecule has 0 unspecified atom stereocenters. The summed E-state index contributed by atoms with van der Waals surface area (Å²) in [6.07, 6.45) is 3.74. The summed E-state index contributed by atoms with van der Waals surface area (Å²) in [5, 5.41) is 0. The fourth-order valence-electron chi connectivity index (χ4n) is 2.44. The Bertz CT molecular complexity index is 157. The van der Waals surface area contributed by atoms with Crippen LogP contribution in [0.5, 0.6) is 0 Å². The van der Waals surface area contributed by atoms with E-state index in [9.17, 15) is 0 Å². The molecular weight excluding hydrogens is 164 g/mol. The molecule has 1 atom stereocenters. The third-order valence-electron chi connectivity index (χ3n) is 3.36. The SMILES string of the molecule is NC[C@@H]1CCN(C2CCOCC2)C1. The Morgan fingerprint density at radius 1 is 1.23 bits per heavy atom. The molecule has 0 amide bonds. The van der Waals surface area contributed by atoms with Gasteiger partial charge in [-0.1, -0.05) is 0 Å². The number of ether oxygens (including phenoxy) is 1. The molecule has 2 aliphatic heterocycles. The highest BCUT2D eigenvalue weighted by Crippen LogP contribution is 2.22. The summed E-state index contributed by atoms with van der Waals surface area (Å²) >= 11 is 0. The van der Waals surface area contributed by atoms with E-state index < -0.39 is 0 Å². The van der Waals surface area contributed by atoms with E-state index in [1.54, 1.807) is 0 Å². The van der Waals surface area contributed by atoms with Gasteiger partial charge in [0.15, 0.2) is 0 Å². The van der Waals surface area contributed by atoms with Crippen LogP contribution in [0, 0.1) is 5.92 Å². The van der Waals surface area contributed by atoms with Gasteiger partial charge in [-0.05, 0) is 38.3 Å². The summed E-state index contributed by atoms with van der Waals surface area (Å²) in [6, 6.07) is 0.783. The van der Waals surface area contributed by atoms with Crippen molar-refractivity contribution >= 4 is 0 Å². The Morgan fingerprint density at radius 3 is 2.62 bits per heavy atom. The van der Waals surface area contributed by atoms with E-state index in [0.29, 0.717) is 0 Å². The van der Waals surface area contributed by atoms with Crippen molar-refractivity contribution in [3.8, 4) is 0 Å². The van der Waals surface area contributed by atoms with Crippen molar-refractivity contribution in [2.24, 2.45) is 11.7 Å². The molecule has 2 heterocycles. The van der Waals surface area contributed by atoms with Crippen LogP contribution in [0.25, 0.3) is 0 Å². The van der Waals surface area contributed by atoms with E-state index in [1.165, 1.54) is 32.4 Å². The molecule has 0 aromatic carbocycles. The van der Waals surface area contributed by atoms with Gasteiger partial charge in [0, 0.05) is 25.8 Å². The van der Waals surface area contributed by atoms with Crippen molar-refractivity contribution < 1.29 is 4.74 Å². The zero-order valence-corrected chi connectivity index (χ0v) is 8.24. The first-order chi connectivity index (χ1) is 6.40. The second-order valence-electron chi connectivity index (χ2n) is 4.23. The summed E-state index contributed by atoms with van der Waals surface area (Å²) < 4.78 is 5.36. The van der Waals surface area contributed by atoms with Gasteiger partial charge in [0.25, 0.3) is 0 Å². The third-order valence-corrected chi connectivity index (χ3v) is 3.36. The molecule has 0 saturated carbocycles. The Hall–Kier alpha value is -0.120. The zero-order valence-electron chi connectivity index (χ0n) is 8.24. The van der Waals surface area contributed by atoms with Crippen molar-refractivity contribution in [2.75, 3.05) is 32.8 Å². The predicted molar refractivity (Wildman–Crippen MR) is 52.6 cm³/mol. The summed E-state index contributed by atoms with van der Waals surface area (Å²) in [7, 11) is 0. The zero-order chi connectivity index (χ0) is 9.10. The third kappa shape index (κ3) is 2.22. The monoisotopic (exact) mass is 184 g/mol. The van der Waals surface area contributed by atoms with Gasteiger partial charge in [-0.2, -0.15) is 0 Å². The van der Waals surface area contributed by atoms with Gasteiger partial charge in [-0.3, -0.25) is 4.90 Å². The molecule has 0 aromatic rings. The number of nitrogens with two attached hydrogens (primary N) is 1. The summed E-state index contributed by atoms with van der Waals surface area (Å²) in [5.41, 5.74) is 5.67. The summed E-state index contributed by atoms with van der Waals surface area (Å²) in [4.78, 5) is 2.61. The number of likely N-dealkylation sites (tertiary alicyclic amines) is 1. The molecule has 0 bridgehead atoms. The van der Waals surface area contributed by atoms with Gasteiger partial charge in [-0.25, -0.2) is 0 Å². The maximum Gasteiger partial charge on any atom is 0.0480 e. The van der Waals surface area contributed by atoms with Crippen LogP contribution in [0.4, 0.5) is 0 Å². The van der Waals surface area contributed by atoms with Crippen molar-refractivity contribution in [2.45, 2.75) is 25.3 Å². The maximum atomic E-state index is 5.67. The minimum absolute atomic E-state index is 0.753. The van der Waals surface area contributed by atoms with E-state index in [-0.39, 0.29) is 0 Å². The second-order valence-corrected chi connectivity index (χ2v) is 4.23. The Labute approximate surface area is 80.2 Å². The largest absolute Gasteiger partial charge is 0.381 e. The number of hydrogen-bond acceptors (Lipinski definition) is 3. The quantitative estimate of drug-likeness (QED) is 0.677. The Morgan fingerprint density at radius 2 is 2.00 bits per heavy atom. The molecule has 2 aliphatic rings. The summed E-state index contributed by atoms with van der Waals surface area (Å²) in [5.74, 6) is 0.753. The predicted octanol–water partition coefficient (Wildman–Crippen LogP) is 0.446. The Kier molecular flexibility index (Phi) is 3.19. The molecule has 76 valence electrons. The van der Waals surface area contributed by atoms with Crippen LogP contribution in [0.2, 0.25) is 0 Å². The van der Waals surface area contributed by atoms with Crippen molar-refractivity contribution in [1.29, 1.82) is 0 Å². The van der Waals surface area contributed by atoms with Crippen LogP contribution < -0.4 is 5.73 Å². The molecule has 2 fully saturated rings. The molecule has 3 nitrogen and oxygen atoms in total. The van der Waals surface area contributed by atoms with Gasteiger partial charge in [0.1, 0.15) is 0 Å². The lowest BCUT2D eigenvalue weighted by atomic mass is 10.1. The lowest BCUT2D eigenvalue weighted by molar-refractivity contribution is 0.0412. The lowest BCUT2D eigenvalue weighted by Crippen LogP contribution is -2.38. The first-order valence-electron chi connectivity index (χ1n) is 5.42. The first kappa shape index (κ1) is 9.44. The van der Waals surface area contributed by atoms with Crippen molar-refractivity contribution in [1.82, 2.24) is 4.90 Å². The molecule has 0 aliphatic carbocycles. The molecule has 0 spiro atoms. The van der Waals surface area contributed by atoms with E-state index >= 15 is 0 Å². The Balaban J connectivity index is 1.80. The highest BCUT2D eigenvalue weighted by atomic mass is 16.5. The van der Waals surface area contributed by atoms with Gasteiger partial charge >= 0.3 is 0 Å². The van der Waals surface area contributed by atoms with Gasteiger partial charge < -0.3 is 10.5 Å². The van der Waals surface area contributed by atoms with Crippen molar-refractivity contribution in [3.05, 3.63) is 0 Å². The lowest BCUT2D eigenvalue weighted by Gasteiger charge is -2.30. The molecule has 3 heteroatoms. The van der Waals surface area contributed by atoms with Gasteiger partial charge in [-0.15, -0.1) is 0 Å². The number of hydrogen-bond donors (Lipinski definition) is 1. The average molecular weight is 184 g/mol. The molecule has 13 heavy (non-hydrogen) atoms. The number of rotatable bonds is 2. The molecule has 0 aromatic heterocycles. The van der Waals surface area contributed by atoms with Gasteiger partial charge in [0.2, 0.25) is 0 Å². The molecular formula is C10H20N2O. The van der Waals surface area contributed by atoms with E-state index in [4.69, 9.17) is 10.5 Å². The fourth-order valence-corrected chi connectivity index (χ4v) is 2.44. The van der Waals surface area contributed by atoms with Crippen LogP contribution in [0.1, 0.15) is 19.3 Å². The molecule has 0 radical (unpaired) electrons. The normalized spacial score (nSPS) is 32.5. The standard InChI is InChI=1S/C10H20N2O/c11-7-9-1-4-12(8-9)10-2-5-13-6-3-10/h9-10H,1-8,11H2/t9-/m0/s1.